The Labute approximate surface area is 80.3 Å². The van der Waals surface area contributed by atoms with Crippen LogP contribution in [0.4, 0.5) is 0 Å². The summed E-state index contributed by atoms with van der Waals surface area (Å²) < 4.78 is 18.3. The lowest BCUT2D eigenvalue weighted by Gasteiger charge is -1.79. The maximum Gasteiger partial charge on any atom is 0.317 e. The van der Waals surface area contributed by atoms with Crippen LogP contribution in [0.15, 0.2) is 36.7 Å². The molecule has 0 bridgehead atoms. The van der Waals surface area contributed by atoms with E-state index in [4.69, 9.17) is 8.42 Å². The molecule has 0 radical (unpaired) electrons. The number of hydrogen-bond acceptors (Lipinski definition) is 3. The minimum absolute atomic E-state index is 1.88. The Morgan fingerprint density at radius 2 is 1.25 bits per heavy atom. The van der Waals surface area contributed by atoms with Crippen molar-refractivity contribution in [3.8, 4) is 0 Å². The number of rotatable bonds is 0. The molecule has 0 atom stereocenters. The third kappa shape index (κ3) is 16.3. The van der Waals surface area contributed by atoms with Crippen molar-refractivity contribution in [2.45, 2.75) is 0 Å². The molecule has 0 aromatic carbocycles. The predicted molar refractivity (Wildman–Crippen MR) is 51.2 cm³/mol. The molecule has 0 amide bonds. The monoisotopic (exact) mass is 227 g/mol. The SMILES string of the molecule is C1=CC=CNC=C1.O=S(=O)(Cl)Cl. The highest BCUT2D eigenvalue weighted by Crippen LogP contribution is 1.98. The summed E-state index contributed by atoms with van der Waals surface area (Å²) >= 11 is 0. The zero-order valence-electron chi connectivity index (χ0n) is 5.94. The van der Waals surface area contributed by atoms with Crippen molar-refractivity contribution in [2.75, 3.05) is 0 Å². The number of allylic oxidation sites excluding steroid dienone is 4. The molecular formula is C6H7Cl2NO2S. The van der Waals surface area contributed by atoms with E-state index in [0.717, 1.165) is 0 Å². The van der Waals surface area contributed by atoms with E-state index in [0.29, 0.717) is 0 Å². The zero-order valence-corrected chi connectivity index (χ0v) is 8.27. The van der Waals surface area contributed by atoms with E-state index in [-0.39, 0.29) is 0 Å². The Balaban J connectivity index is 0.000000217. The van der Waals surface area contributed by atoms with Crippen LogP contribution < -0.4 is 5.32 Å². The molecule has 0 unspecified atom stereocenters. The Bertz CT molecular complexity index is 271. The number of halogens is 2. The fraction of sp³-hybridized carbons (Fsp3) is 0. The third-order valence-electron chi connectivity index (χ3n) is 0.718. The van der Waals surface area contributed by atoms with Gasteiger partial charge in [-0.05, 0) is 12.2 Å². The van der Waals surface area contributed by atoms with E-state index in [1.54, 1.807) is 0 Å². The van der Waals surface area contributed by atoms with E-state index in [2.05, 4.69) is 26.7 Å². The molecule has 1 rings (SSSR count). The molecule has 1 heterocycles. The highest BCUT2D eigenvalue weighted by Gasteiger charge is 1.88. The van der Waals surface area contributed by atoms with Crippen molar-refractivity contribution in [1.29, 1.82) is 0 Å². The fourth-order valence-corrected chi connectivity index (χ4v) is 0.406. The van der Waals surface area contributed by atoms with Crippen molar-refractivity contribution in [1.82, 2.24) is 5.32 Å². The minimum Gasteiger partial charge on any atom is -0.368 e. The van der Waals surface area contributed by atoms with Gasteiger partial charge in [0.05, 0.1) is 0 Å². The molecule has 0 saturated carbocycles. The van der Waals surface area contributed by atoms with Gasteiger partial charge in [0.1, 0.15) is 0 Å². The van der Waals surface area contributed by atoms with Gasteiger partial charge in [0.25, 0.3) is 0 Å². The molecule has 3 nitrogen and oxygen atoms in total. The van der Waals surface area contributed by atoms with Crippen LogP contribution in [-0.4, -0.2) is 8.42 Å². The van der Waals surface area contributed by atoms with Gasteiger partial charge >= 0.3 is 8.26 Å². The highest BCUT2D eigenvalue weighted by molar-refractivity contribution is 8.31. The molecule has 68 valence electrons. The molecule has 0 aromatic rings. The van der Waals surface area contributed by atoms with Crippen LogP contribution >= 0.6 is 21.4 Å². The Kier molecular flexibility index (Phi) is 5.88. The van der Waals surface area contributed by atoms with Gasteiger partial charge < -0.3 is 5.32 Å². The summed E-state index contributed by atoms with van der Waals surface area (Å²) in [6.45, 7) is 0. The van der Waals surface area contributed by atoms with Crippen LogP contribution in [0, 0.1) is 0 Å². The minimum atomic E-state index is -3.72. The topological polar surface area (TPSA) is 46.2 Å². The molecule has 0 aromatic heterocycles. The lowest BCUT2D eigenvalue weighted by molar-refractivity contribution is 0.621. The maximum atomic E-state index is 9.16. The molecule has 0 fully saturated rings. The van der Waals surface area contributed by atoms with Gasteiger partial charge in [-0.1, -0.05) is 12.2 Å². The Morgan fingerprint density at radius 1 is 0.917 bits per heavy atom. The zero-order chi connectivity index (χ0) is 9.45. The molecule has 0 spiro atoms. The van der Waals surface area contributed by atoms with Crippen molar-refractivity contribution >= 4 is 29.6 Å². The summed E-state index contributed by atoms with van der Waals surface area (Å²) in [4.78, 5) is 0. The van der Waals surface area contributed by atoms with E-state index >= 15 is 0 Å². The van der Waals surface area contributed by atoms with E-state index < -0.39 is 8.26 Å². The van der Waals surface area contributed by atoms with Crippen molar-refractivity contribution in [2.24, 2.45) is 0 Å². The molecular weight excluding hydrogens is 221 g/mol. The van der Waals surface area contributed by atoms with Crippen molar-refractivity contribution in [3.05, 3.63) is 36.7 Å². The molecule has 6 heteroatoms. The van der Waals surface area contributed by atoms with Gasteiger partial charge in [0, 0.05) is 33.8 Å². The van der Waals surface area contributed by atoms with Crippen LogP contribution in [0.1, 0.15) is 0 Å². The smallest absolute Gasteiger partial charge is 0.317 e. The van der Waals surface area contributed by atoms with Gasteiger partial charge in [0.2, 0.25) is 0 Å². The summed E-state index contributed by atoms with van der Waals surface area (Å²) in [6.07, 6.45) is 11.6. The van der Waals surface area contributed by atoms with Gasteiger partial charge in [-0.15, -0.1) is 0 Å². The van der Waals surface area contributed by atoms with E-state index in [1.165, 1.54) is 0 Å². The van der Waals surface area contributed by atoms with Gasteiger partial charge in [0.15, 0.2) is 0 Å². The first-order valence-electron chi connectivity index (χ1n) is 2.89. The second kappa shape index (κ2) is 6.11. The maximum absolute atomic E-state index is 9.16. The highest BCUT2D eigenvalue weighted by atomic mass is 36.0. The second-order valence-electron chi connectivity index (χ2n) is 1.65. The molecule has 0 aliphatic carbocycles. The summed E-state index contributed by atoms with van der Waals surface area (Å²) in [7, 11) is 4.81. The van der Waals surface area contributed by atoms with Crippen LogP contribution in [0.3, 0.4) is 0 Å². The summed E-state index contributed by atoms with van der Waals surface area (Å²) in [6, 6.07) is 0. The predicted octanol–water partition coefficient (Wildman–Crippen LogP) is 1.88. The average molecular weight is 228 g/mol. The van der Waals surface area contributed by atoms with Gasteiger partial charge in [-0.3, -0.25) is 0 Å². The number of nitrogens with one attached hydrogen (secondary N) is 1. The standard InChI is InChI=1S/C6H7N.Cl2O2S/c1-2-4-6-7-5-3-1;1-5(2,3)4/h1-7H;. The fourth-order valence-electron chi connectivity index (χ4n) is 0.406. The first kappa shape index (κ1) is 11.6. The van der Waals surface area contributed by atoms with Crippen LogP contribution in [0.2, 0.25) is 0 Å². The Hall–Kier alpha value is -0.450. The lowest BCUT2D eigenvalue weighted by Crippen LogP contribution is -1.87. The largest absolute Gasteiger partial charge is 0.368 e. The molecule has 1 aliphatic rings. The molecule has 12 heavy (non-hydrogen) atoms. The van der Waals surface area contributed by atoms with Crippen molar-refractivity contribution < 1.29 is 8.42 Å². The first-order valence-corrected chi connectivity index (χ1v) is 6.02. The third-order valence-corrected chi connectivity index (χ3v) is 0.718. The number of hydrogen-bond donors (Lipinski definition) is 1. The normalized spacial score (nSPS) is 14.2. The van der Waals surface area contributed by atoms with Gasteiger partial charge in [-0.2, -0.15) is 8.42 Å². The lowest BCUT2D eigenvalue weighted by atomic mass is 10.5. The molecule has 1 N–H and O–H groups in total. The Morgan fingerprint density at radius 3 is 1.58 bits per heavy atom. The quantitative estimate of drug-likeness (QED) is 0.644. The van der Waals surface area contributed by atoms with Crippen LogP contribution in [0.5, 0.6) is 0 Å². The molecule has 1 aliphatic heterocycles. The van der Waals surface area contributed by atoms with E-state index in [9.17, 15) is 0 Å². The summed E-state index contributed by atoms with van der Waals surface area (Å²) in [5, 5.41) is 2.92. The van der Waals surface area contributed by atoms with E-state index in [1.807, 2.05) is 36.7 Å². The summed E-state index contributed by atoms with van der Waals surface area (Å²) in [5.74, 6) is 0. The molecule has 0 saturated heterocycles. The van der Waals surface area contributed by atoms with Gasteiger partial charge in [-0.25, -0.2) is 0 Å². The van der Waals surface area contributed by atoms with Crippen LogP contribution in [-0.2, 0) is 8.26 Å². The average Bonchev–Trinajstić information content (AvgIpc) is 2.10. The van der Waals surface area contributed by atoms with Crippen LogP contribution in [0.25, 0.3) is 0 Å². The summed E-state index contributed by atoms with van der Waals surface area (Å²) in [5.41, 5.74) is 0. The first-order chi connectivity index (χ1) is 5.50. The second-order valence-corrected chi connectivity index (χ2v) is 5.32. The van der Waals surface area contributed by atoms with Crippen molar-refractivity contribution in [3.63, 3.8) is 0 Å².